The predicted octanol–water partition coefficient (Wildman–Crippen LogP) is 1.60. The average Bonchev–Trinajstić information content (AvgIpc) is 2.83. The number of furan rings is 1. The molecule has 0 bridgehead atoms. The van der Waals surface area contributed by atoms with Crippen LogP contribution in [0.2, 0.25) is 0 Å². The van der Waals surface area contributed by atoms with Gasteiger partial charge < -0.3 is 15.5 Å². The number of nitrogens with one attached hydrogen (secondary N) is 1. The Labute approximate surface area is 102 Å². The van der Waals surface area contributed by atoms with E-state index in [1.54, 1.807) is 6.26 Å². The molecule has 0 spiro atoms. The molecular weight excluding hydrogens is 216 g/mol. The summed E-state index contributed by atoms with van der Waals surface area (Å²) >= 11 is 0. The minimum Gasteiger partial charge on any atom is -0.469 e. The quantitative estimate of drug-likeness (QED) is 0.834. The molecule has 1 aromatic heterocycles. The number of amides is 1. The molecule has 0 aromatic carbocycles. The van der Waals surface area contributed by atoms with Gasteiger partial charge in [-0.3, -0.25) is 4.79 Å². The second kappa shape index (κ2) is 5.87. The summed E-state index contributed by atoms with van der Waals surface area (Å²) in [5.74, 6) is 0.979. The van der Waals surface area contributed by atoms with E-state index < -0.39 is 0 Å². The lowest BCUT2D eigenvalue weighted by Gasteiger charge is -2.26. The van der Waals surface area contributed by atoms with Crippen LogP contribution in [0.5, 0.6) is 0 Å². The van der Waals surface area contributed by atoms with Gasteiger partial charge in [-0.1, -0.05) is 0 Å². The lowest BCUT2D eigenvalue weighted by Crippen LogP contribution is -2.40. The SMILES string of the molecule is NC1CCC(NC(=O)CCc2ccco2)CC1. The monoisotopic (exact) mass is 236 g/mol. The minimum absolute atomic E-state index is 0.113. The summed E-state index contributed by atoms with van der Waals surface area (Å²) in [7, 11) is 0. The van der Waals surface area contributed by atoms with Crippen LogP contribution in [0, 0.1) is 0 Å². The highest BCUT2D eigenvalue weighted by molar-refractivity contribution is 5.76. The fourth-order valence-electron chi connectivity index (χ4n) is 2.25. The van der Waals surface area contributed by atoms with Gasteiger partial charge in [-0.25, -0.2) is 0 Å². The summed E-state index contributed by atoms with van der Waals surface area (Å²) in [4.78, 5) is 11.7. The van der Waals surface area contributed by atoms with E-state index in [-0.39, 0.29) is 5.91 Å². The molecule has 0 atom stereocenters. The number of hydrogen-bond acceptors (Lipinski definition) is 3. The largest absolute Gasteiger partial charge is 0.469 e. The van der Waals surface area contributed by atoms with E-state index in [1.165, 1.54) is 0 Å². The highest BCUT2D eigenvalue weighted by Crippen LogP contribution is 2.17. The topological polar surface area (TPSA) is 68.3 Å². The van der Waals surface area contributed by atoms with E-state index in [0.717, 1.165) is 31.4 Å². The van der Waals surface area contributed by atoms with Crippen molar-refractivity contribution in [3.05, 3.63) is 24.2 Å². The van der Waals surface area contributed by atoms with Gasteiger partial charge in [0.2, 0.25) is 5.91 Å². The third kappa shape index (κ3) is 3.89. The van der Waals surface area contributed by atoms with Crippen LogP contribution < -0.4 is 11.1 Å². The number of carbonyl (C=O) groups is 1. The van der Waals surface area contributed by atoms with Crippen molar-refractivity contribution in [3.63, 3.8) is 0 Å². The van der Waals surface area contributed by atoms with Crippen LogP contribution in [-0.4, -0.2) is 18.0 Å². The van der Waals surface area contributed by atoms with Crippen molar-refractivity contribution < 1.29 is 9.21 Å². The maximum atomic E-state index is 11.7. The van der Waals surface area contributed by atoms with E-state index in [0.29, 0.717) is 24.9 Å². The Bertz CT molecular complexity index is 340. The molecule has 1 aromatic rings. The summed E-state index contributed by atoms with van der Waals surface area (Å²) in [5.41, 5.74) is 5.83. The zero-order chi connectivity index (χ0) is 12.1. The fourth-order valence-corrected chi connectivity index (χ4v) is 2.25. The van der Waals surface area contributed by atoms with Crippen molar-refractivity contribution in [2.45, 2.75) is 50.6 Å². The Kier molecular flexibility index (Phi) is 4.20. The van der Waals surface area contributed by atoms with Crippen LogP contribution in [0.25, 0.3) is 0 Å². The van der Waals surface area contributed by atoms with Crippen molar-refractivity contribution in [2.24, 2.45) is 5.73 Å². The molecule has 94 valence electrons. The Balaban J connectivity index is 1.67. The van der Waals surface area contributed by atoms with Crippen molar-refractivity contribution in [1.82, 2.24) is 5.32 Å². The Morgan fingerprint density at radius 1 is 1.41 bits per heavy atom. The van der Waals surface area contributed by atoms with Crippen molar-refractivity contribution in [2.75, 3.05) is 0 Å². The summed E-state index contributed by atoms with van der Waals surface area (Å²) in [6.45, 7) is 0. The molecule has 3 N–H and O–H groups in total. The third-order valence-corrected chi connectivity index (χ3v) is 3.32. The molecular formula is C13H20N2O2. The molecule has 0 radical (unpaired) electrons. The molecule has 1 saturated carbocycles. The van der Waals surface area contributed by atoms with Crippen molar-refractivity contribution in [1.29, 1.82) is 0 Å². The van der Waals surface area contributed by atoms with Gasteiger partial charge in [-0.15, -0.1) is 0 Å². The first-order valence-electron chi connectivity index (χ1n) is 6.31. The van der Waals surface area contributed by atoms with E-state index in [2.05, 4.69) is 5.32 Å². The predicted molar refractivity (Wildman–Crippen MR) is 65.4 cm³/mol. The van der Waals surface area contributed by atoms with Crippen LogP contribution in [0.15, 0.2) is 22.8 Å². The lowest BCUT2D eigenvalue weighted by atomic mass is 9.92. The standard InChI is InChI=1S/C13H20N2O2/c14-10-3-5-11(6-4-10)15-13(16)8-7-12-2-1-9-17-12/h1-2,9-11H,3-8,14H2,(H,15,16). The highest BCUT2D eigenvalue weighted by atomic mass is 16.3. The number of carbonyl (C=O) groups excluding carboxylic acids is 1. The minimum atomic E-state index is 0.113. The fraction of sp³-hybridized carbons (Fsp3) is 0.615. The first-order valence-corrected chi connectivity index (χ1v) is 6.31. The molecule has 0 aliphatic heterocycles. The molecule has 1 aliphatic carbocycles. The number of hydrogen-bond donors (Lipinski definition) is 2. The second-order valence-corrected chi connectivity index (χ2v) is 4.76. The highest BCUT2D eigenvalue weighted by Gasteiger charge is 2.19. The molecule has 1 heterocycles. The van der Waals surface area contributed by atoms with Gasteiger partial charge in [0.25, 0.3) is 0 Å². The van der Waals surface area contributed by atoms with Gasteiger partial charge in [-0.05, 0) is 37.8 Å². The van der Waals surface area contributed by atoms with Crippen LogP contribution in [0.3, 0.4) is 0 Å². The van der Waals surface area contributed by atoms with Crippen LogP contribution in [-0.2, 0) is 11.2 Å². The maximum Gasteiger partial charge on any atom is 0.220 e. The molecule has 1 aliphatic rings. The molecule has 4 nitrogen and oxygen atoms in total. The summed E-state index contributed by atoms with van der Waals surface area (Å²) in [5, 5.41) is 3.07. The molecule has 1 amide bonds. The smallest absolute Gasteiger partial charge is 0.220 e. The lowest BCUT2D eigenvalue weighted by molar-refractivity contribution is -0.122. The molecule has 17 heavy (non-hydrogen) atoms. The van der Waals surface area contributed by atoms with Gasteiger partial charge in [0.1, 0.15) is 5.76 Å². The van der Waals surface area contributed by atoms with Gasteiger partial charge >= 0.3 is 0 Å². The first-order chi connectivity index (χ1) is 8.24. The molecule has 4 heteroatoms. The summed E-state index contributed by atoms with van der Waals surface area (Å²) in [6.07, 6.45) is 6.85. The normalized spacial score (nSPS) is 24.5. The summed E-state index contributed by atoms with van der Waals surface area (Å²) < 4.78 is 5.19. The van der Waals surface area contributed by atoms with Crippen molar-refractivity contribution >= 4 is 5.91 Å². The molecule has 0 unspecified atom stereocenters. The number of nitrogens with two attached hydrogens (primary N) is 1. The molecule has 2 rings (SSSR count). The maximum absolute atomic E-state index is 11.7. The number of rotatable bonds is 4. The average molecular weight is 236 g/mol. The zero-order valence-electron chi connectivity index (χ0n) is 10.0. The zero-order valence-corrected chi connectivity index (χ0v) is 10.0. The van der Waals surface area contributed by atoms with E-state index in [4.69, 9.17) is 10.2 Å². The van der Waals surface area contributed by atoms with Crippen LogP contribution >= 0.6 is 0 Å². The van der Waals surface area contributed by atoms with Gasteiger partial charge in [0, 0.05) is 24.9 Å². The van der Waals surface area contributed by atoms with E-state index in [9.17, 15) is 4.79 Å². The molecule has 1 fully saturated rings. The van der Waals surface area contributed by atoms with Gasteiger partial charge in [0.05, 0.1) is 6.26 Å². The van der Waals surface area contributed by atoms with E-state index >= 15 is 0 Å². The van der Waals surface area contributed by atoms with E-state index in [1.807, 2.05) is 12.1 Å². The Hall–Kier alpha value is -1.29. The van der Waals surface area contributed by atoms with Gasteiger partial charge in [0.15, 0.2) is 0 Å². The second-order valence-electron chi connectivity index (χ2n) is 4.76. The van der Waals surface area contributed by atoms with Gasteiger partial charge in [-0.2, -0.15) is 0 Å². The van der Waals surface area contributed by atoms with Crippen LogP contribution in [0.1, 0.15) is 37.9 Å². The Morgan fingerprint density at radius 3 is 2.82 bits per heavy atom. The third-order valence-electron chi connectivity index (χ3n) is 3.32. The first kappa shape index (κ1) is 12.2. The Morgan fingerprint density at radius 2 is 2.18 bits per heavy atom. The van der Waals surface area contributed by atoms with Crippen LogP contribution in [0.4, 0.5) is 0 Å². The van der Waals surface area contributed by atoms with Crippen molar-refractivity contribution in [3.8, 4) is 0 Å². The molecule has 0 saturated heterocycles. The number of aryl methyl sites for hydroxylation is 1. The summed E-state index contributed by atoms with van der Waals surface area (Å²) in [6, 6.07) is 4.38.